The van der Waals surface area contributed by atoms with Crippen molar-refractivity contribution in [1.82, 2.24) is 9.88 Å². The molecule has 1 heterocycles. The summed E-state index contributed by atoms with van der Waals surface area (Å²) in [6.07, 6.45) is 9.16. The second-order valence-electron chi connectivity index (χ2n) is 4.61. The Kier molecular flexibility index (Phi) is 5.45. The predicted octanol–water partition coefficient (Wildman–Crippen LogP) is 3.98. The summed E-state index contributed by atoms with van der Waals surface area (Å²) < 4.78 is 1.07. The number of hydrogen-bond donors (Lipinski definition) is 0. The fourth-order valence-electron chi connectivity index (χ4n) is 2.18. The van der Waals surface area contributed by atoms with Crippen LogP contribution in [0, 0.1) is 0 Å². The van der Waals surface area contributed by atoms with Gasteiger partial charge in [-0.2, -0.15) is 0 Å². The average Bonchev–Trinajstić information content (AvgIpc) is 2.23. The molecule has 1 aromatic heterocycles. The standard InChI is InChI=1S/C13H18Br2N2/c14-5-2-6-17(13-3-1-4-13)10-11-7-12(15)9-16-8-11/h7-9,13H,1-6,10H2. The van der Waals surface area contributed by atoms with Crippen molar-refractivity contribution >= 4 is 31.9 Å². The Balaban J connectivity index is 1.95. The molecule has 0 radical (unpaired) electrons. The van der Waals surface area contributed by atoms with Gasteiger partial charge >= 0.3 is 0 Å². The van der Waals surface area contributed by atoms with Gasteiger partial charge in [-0.1, -0.05) is 22.4 Å². The van der Waals surface area contributed by atoms with Gasteiger partial charge in [0, 0.05) is 34.8 Å². The van der Waals surface area contributed by atoms with Crippen molar-refractivity contribution in [3.8, 4) is 0 Å². The van der Waals surface area contributed by atoms with E-state index in [2.05, 4.69) is 47.8 Å². The first kappa shape index (κ1) is 13.5. The van der Waals surface area contributed by atoms with Gasteiger partial charge in [-0.25, -0.2) is 0 Å². The van der Waals surface area contributed by atoms with E-state index in [1.54, 1.807) is 0 Å². The predicted molar refractivity (Wildman–Crippen MR) is 78.4 cm³/mol. The highest BCUT2D eigenvalue weighted by Crippen LogP contribution is 2.26. The van der Waals surface area contributed by atoms with Gasteiger partial charge in [0.2, 0.25) is 0 Å². The zero-order valence-corrected chi connectivity index (χ0v) is 13.1. The molecule has 1 fully saturated rings. The largest absolute Gasteiger partial charge is 0.296 e. The zero-order valence-electron chi connectivity index (χ0n) is 9.91. The van der Waals surface area contributed by atoms with Crippen LogP contribution in [0.15, 0.2) is 22.9 Å². The molecule has 94 valence electrons. The van der Waals surface area contributed by atoms with E-state index in [0.29, 0.717) is 0 Å². The van der Waals surface area contributed by atoms with Crippen LogP contribution in [-0.4, -0.2) is 27.8 Å². The quantitative estimate of drug-likeness (QED) is 0.712. The van der Waals surface area contributed by atoms with Crippen LogP contribution in [-0.2, 0) is 6.54 Å². The topological polar surface area (TPSA) is 16.1 Å². The lowest BCUT2D eigenvalue weighted by atomic mass is 9.91. The Labute approximate surface area is 120 Å². The summed E-state index contributed by atoms with van der Waals surface area (Å²) in [6, 6.07) is 2.97. The molecule has 0 aromatic carbocycles. The molecular weight excluding hydrogens is 344 g/mol. The summed E-state index contributed by atoms with van der Waals surface area (Å²) in [5, 5.41) is 1.09. The van der Waals surface area contributed by atoms with Crippen LogP contribution in [0.4, 0.5) is 0 Å². The molecule has 1 aromatic rings. The highest BCUT2D eigenvalue weighted by atomic mass is 79.9. The summed E-state index contributed by atoms with van der Waals surface area (Å²) >= 11 is 7.00. The van der Waals surface area contributed by atoms with Crippen molar-refractivity contribution in [1.29, 1.82) is 0 Å². The van der Waals surface area contributed by atoms with Gasteiger partial charge in [0.1, 0.15) is 0 Å². The minimum atomic E-state index is 0.799. The normalized spacial score (nSPS) is 16.2. The third kappa shape index (κ3) is 4.04. The molecule has 0 aliphatic heterocycles. The van der Waals surface area contributed by atoms with Gasteiger partial charge in [-0.05, 0) is 53.4 Å². The fourth-order valence-corrected chi connectivity index (χ4v) is 2.85. The molecule has 0 amide bonds. The van der Waals surface area contributed by atoms with Crippen molar-refractivity contribution in [2.24, 2.45) is 0 Å². The number of nitrogens with zero attached hydrogens (tertiary/aromatic N) is 2. The zero-order chi connectivity index (χ0) is 12.1. The summed E-state index contributed by atoms with van der Waals surface area (Å²) in [5.74, 6) is 0. The van der Waals surface area contributed by atoms with Crippen molar-refractivity contribution < 1.29 is 0 Å². The molecule has 0 N–H and O–H groups in total. The average molecular weight is 362 g/mol. The number of alkyl halides is 1. The van der Waals surface area contributed by atoms with Gasteiger partial charge in [0.15, 0.2) is 0 Å². The number of rotatable bonds is 6. The number of halogens is 2. The van der Waals surface area contributed by atoms with Crippen LogP contribution in [0.3, 0.4) is 0 Å². The van der Waals surface area contributed by atoms with Crippen molar-refractivity contribution in [2.45, 2.75) is 38.3 Å². The van der Waals surface area contributed by atoms with Crippen molar-refractivity contribution in [3.05, 3.63) is 28.5 Å². The highest BCUT2D eigenvalue weighted by molar-refractivity contribution is 9.10. The first-order valence-corrected chi connectivity index (χ1v) is 8.10. The Bertz CT molecular complexity index is 353. The lowest BCUT2D eigenvalue weighted by molar-refractivity contribution is 0.120. The molecule has 0 spiro atoms. The number of hydrogen-bond acceptors (Lipinski definition) is 2. The minimum Gasteiger partial charge on any atom is -0.296 e. The van der Waals surface area contributed by atoms with E-state index < -0.39 is 0 Å². The van der Waals surface area contributed by atoms with Crippen molar-refractivity contribution in [3.63, 3.8) is 0 Å². The molecule has 0 unspecified atom stereocenters. The SMILES string of the molecule is BrCCCN(Cc1cncc(Br)c1)C1CCC1. The third-order valence-electron chi connectivity index (χ3n) is 3.32. The smallest absolute Gasteiger partial charge is 0.0410 e. The molecular formula is C13H18Br2N2. The summed E-state index contributed by atoms with van der Waals surface area (Å²) in [6.45, 7) is 2.21. The Morgan fingerprint density at radius 1 is 1.35 bits per heavy atom. The summed E-state index contributed by atoms with van der Waals surface area (Å²) in [7, 11) is 0. The molecule has 1 aliphatic carbocycles. The molecule has 0 bridgehead atoms. The molecule has 0 atom stereocenters. The van der Waals surface area contributed by atoms with Crippen LogP contribution in [0.2, 0.25) is 0 Å². The van der Waals surface area contributed by atoms with E-state index in [9.17, 15) is 0 Å². The first-order chi connectivity index (χ1) is 8.29. The van der Waals surface area contributed by atoms with E-state index in [0.717, 1.165) is 22.4 Å². The molecule has 0 saturated heterocycles. The van der Waals surface area contributed by atoms with Crippen molar-refractivity contribution in [2.75, 3.05) is 11.9 Å². The Hall–Kier alpha value is 0.0700. The van der Waals surface area contributed by atoms with E-state index >= 15 is 0 Å². The number of pyridine rings is 1. The molecule has 4 heteroatoms. The van der Waals surface area contributed by atoms with Crippen LogP contribution in [0.25, 0.3) is 0 Å². The van der Waals surface area contributed by atoms with Crippen LogP contribution >= 0.6 is 31.9 Å². The van der Waals surface area contributed by atoms with Gasteiger partial charge in [0.05, 0.1) is 0 Å². The first-order valence-electron chi connectivity index (χ1n) is 6.19. The third-order valence-corrected chi connectivity index (χ3v) is 4.31. The molecule has 2 nitrogen and oxygen atoms in total. The lowest BCUT2D eigenvalue weighted by Crippen LogP contribution is -2.40. The van der Waals surface area contributed by atoms with E-state index in [1.165, 1.54) is 37.8 Å². The lowest BCUT2D eigenvalue weighted by Gasteiger charge is -2.37. The van der Waals surface area contributed by atoms with Gasteiger partial charge in [-0.15, -0.1) is 0 Å². The number of aromatic nitrogens is 1. The van der Waals surface area contributed by atoms with Gasteiger partial charge in [-0.3, -0.25) is 9.88 Å². The highest BCUT2D eigenvalue weighted by Gasteiger charge is 2.24. The van der Waals surface area contributed by atoms with Crippen LogP contribution in [0.5, 0.6) is 0 Å². The Morgan fingerprint density at radius 3 is 2.76 bits per heavy atom. The molecule has 1 saturated carbocycles. The summed E-state index contributed by atoms with van der Waals surface area (Å²) in [5.41, 5.74) is 1.31. The minimum absolute atomic E-state index is 0.799. The van der Waals surface area contributed by atoms with Gasteiger partial charge in [0.25, 0.3) is 0 Å². The van der Waals surface area contributed by atoms with Crippen LogP contribution in [0.1, 0.15) is 31.2 Å². The maximum Gasteiger partial charge on any atom is 0.0410 e. The molecule has 17 heavy (non-hydrogen) atoms. The molecule has 2 rings (SSSR count). The second-order valence-corrected chi connectivity index (χ2v) is 6.32. The van der Waals surface area contributed by atoms with E-state index in [-0.39, 0.29) is 0 Å². The summed E-state index contributed by atoms with van der Waals surface area (Å²) in [4.78, 5) is 6.84. The monoisotopic (exact) mass is 360 g/mol. The second kappa shape index (κ2) is 6.86. The maximum absolute atomic E-state index is 4.24. The molecule has 1 aliphatic rings. The van der Waals surface area contributed by atoms with E-state index in [1.807, 2.05) is 12.4 Å². The maximum atomic E-state index is 4.24. The Morgan fingerprint density at radius 2 is 2.18 bits per heavy atom. The van der Waals surface area contributed by atoms with Gasteiger partial charge < -0.3 is 0 Å². The van der Waals surface area contributed by atoms with E-state index in [4.69, 9.17) is 0 Å². The van der Waals surface area contributed by atoms with Crippen LogP contribution < -0.4 is 0 Å². The fraction of sp³-hybridized carbons (Fsp3) is 0.615.